The van der Waals surface area contributed by atoms with Crippen molar-refractivity contribution >= 4 is 17.2 Å². The lowest BCUT2D eigenvalue weighted by Crippen LogP contribution is -2.14. The van der Waals surface area contributed by atoms with Crippen LogP contribution in [0.4, 0.5) is 0 Å². The number of carbonyl (C=O) groups excluding carboxylic acids is 1. The van der Waals surface area contributed by atoms with Crippen LogP contribution >= 0.6 is 11.3 Å². The number of amides is 1. The van der Waals surface area contributed by atoms with Gasteiger partial charge in [-0.05, 0) is 31.2 Å². The summed E-state index contributed by atoms with van der Waals surface area (Å²) >= 11 is 1.30. The topological polar surface area (TPSA) is 63.3 Å². The van der Waals surface area contributed by atoms with Crippen LogP contribution in [0.1, 0.15) is 33.6 Å². The van der Waals surface area contributed by atoms with E-state index in [0.29, 0.717) is 5.56 Å². The molecule has 0 atom stereocenters. The molecule has 0 bridgehead atoms. The predicted molar refractivity (Wildman–Crippen MR) is 51.1 cm³/mol. The van der Waals surface area contributed by atoms with Crippen LogP contribution in [0.25, 0.3) is 0 Å². The van der Waals surface area contributed by atoms with Gasteiger partial charge in [0.05, 0.1) is 5.56 Å². The Hall–Kier alpha value is -1.03. The van der Waals surface area contributed by atoms with E-state index in [-0.39, 0.29) is 5.06 Å². The zero-order chi connectivity index (χ0) is 9.42. The number of hydrogen-bond donors (Lipinski definition) is 2. The Kier molecular flexibility index (Phi) is 2.00. The largest absolute Gasteiger partial charge is 0.499 e. The number of primary amides is 1. The third kappa shape index (κ3) is 1.31. The van der Waals surface area contributed by atoms with Gasteiger partial charge < -0.3 is 10.8 Å². The molecule has 1 amide bonds. The zero-order valence-corrected chi connectivity index (χ0v) is 7.99. The molecule has 0 unspecified atom stereocenters. The molecule has 1 aliphatic rings. The quantitative estimate of drug-likeness (QED) is 0.715. The van der Waals surface area contributed by atoms with Crippen molar-refractivity contribution in [2.45, 2.75) is 25.7 Å². The summed E-state index contributed by atoms with van der Waals surface area (Å²) in [7, 11) is 0. The van der Waals surface area contributed by atoms with Gasteiger partial charge in [-0.1, -0.05) is 0 Å². The SMILES string of the molecule is NC(=O)c1c(O)sc2c1CCCC2. The van der Waals surface area contributed by atoms with Gasteiger partial charge >= 0.3 is 0 Å². The number of hydrogen-bond acceptors (Lipinski definition) is 3. The fourth-order valence-corrected chi connectivity index (χ4v) is 2.94. The Balaban J connectivity index is 2.54. The molecule has 0 spiro atoms. The molecule has 1 aromatic rings. The Morgan fingerprint density at radius 1 is 1.38 bits per heavy atom. The summed E-state index contributed by atoms with van der Waals surface area (Å²) in [5.41, 5.74) is 6.54. The average molecular weight is 197 g/mol. The van der Waals surface area contributed by atoms with Gasteiger partial charge in [-0.2, -0.15) is 0 Å². The molecule has 0 aliphatic heterocycles. The minimum absolute atomic E-state index is 0.0967. The van der Waals surface area contributed by atoms with Crippen LogP contribution in [0, 0.1) is 0 Å². The summed E-state index contributed by atoms with van der Waals surface area (Å²) in [6.45, 7) is 0. The highest BCUT2D eigenvalue weighted by atomic mass is 32.1. The number of thiophene rings is 1. The molecule has 1 heterocycles. The van der Waals surface area contributed by atoms with Crippen LogP contribution in [-0.2, 0) is 12.8 Å². The number of nitrogens with two attached hydrogens (primary N) is 1. The summed E-state index contributed by atoms with van der Waals surface area (Å²) in [6.07, 6.45) is 4.08. The Morgan fingerprint density at radius 3 is 2.77 bits per heavy atom. The smallest absolute Gasteiger partial charge is 0.253 e. The van der Waals surface area contributed by atoms with Crippen molar-refractivity contribution in [3.8, 4) is 5.06 Å². The maximum Gasteiger partial charge on any atom is 0.253 e. The molecule has 4 heteroatoms. The lowest BCUT2D eigenvalue weighted by Gasteiger charge is -2.10. The normalized spacial score (nSPS) is 15.4. The van der Waals surface area contributed by atoms with Gasteiger partial charge in [0.1, 0.15) is 0 Å². The van der Waals surface area contributed by atoms with Gasteiger partial charge in [-0.15, -0.1) is 11.3 Å². The third-order valence-corrected chi connectivity index (χ3v) is 3.49. The van der Waals surface area contributed by atoms with Crippen LogP contribution < -0.4 is 5.73 Å². The summed E-state index contributed by atoms with van der Waals surface area (Å²) in [5, 5.41) is 9.59. The van der Waals surface area contributed by atoms with E-state index in [0.717, 1.165) is 36.1 Å². The molecule has 0 aromatic carbocycles. The minimum atomic E-state index is -0.503. The third-order valence-electron chi connectivity index (χ3n) is 2.40. The van der Waals surface area contributed by atoms with E-state index in [2.05, 4.69) is 0 Å². The Bertz CT molecular complexity index is 357. The van der Waals surface area contributed by atoms with Gasteiger partial charge in [-0.3, -0.25) is 4.79 Å². The van der Waals surface area contributed by atoms with Gasteiger partial charge in [0.25, 0.3) is 5.91 Å². The number of fused-ring (bicyclic) bond motifs is 1. The maximum absolute atomic E-state index is 11.0. The monoisotopic (exact) mass is 197 g/mol. The van der Waals surface area contributed by atoms with Crippen molar-refractivity contribution in [3.63, 3.8) is 0 Å². The van der Waals surface area contributed by atoms with E-state index < -0.39 is 5.91 Å². The molecule has 2 rings (SSSR count). The van der Waals surface area contributed by atoms with Crippen molar-refractivity contribution in [1.82, 2.24) is 0 Å². The lowest BCUT2D eigenvalue weighted by molar-refractivity contribution is 0.0997. The summed E-state index contributed by atoms with van der Waals surface area (Å²) in [5.74, 6) is -0.503. The first-order chi connectivity index (χ1) is 6.20. The summed E-state index contributed by atoms with van der Waals surface area (Å²) in [4.78, 5) is 12.2. The summed E-state index contributed by atoms with van der Waals surface area (Å²) in [6, 6.07) is 0. The van der Waals surface area contributed by atoms with Crippen LogP contribution in [0.2, 0.25) is 0 Å². The Labute approximate surface area is 80.2 Å². The number of aryl methyl sites for hydroxylation is 1. The Morgan fingerprint density at radius 2 is 2.08 bits per heavy atom. The highest BCUT2D eigenvalue weighted by molar-refractivity contribution is 7.14. The van der Waals surface area contributed by atoms with Crippen LogP contribution in [0.15, 0.2) is 0 Å². The van der Waals surface area contributed by atoms with Crippen molar-refractivity contribution < 1.29 is 9.90 Å². The molecule has 1 aliphatic carbocycles. The first-order valence-corrected chi connectivity index (χ1v) is 5.15. The van der Waals surface area contributed by atoms with Crippen molar-refractivity contribution in [1.29, 1.82) is 0 Å². The lowest BCUT2D eigenvalue weighted by atomic mass is 9.95. The van der Waals surface area contributed by atoms with Gasteiger partial charge in [0, 0.05) is 4.88 Å². The van der Waals surface area contributed by atoms with Crippen LogP contribution in [-0.4, -0.2) is 11.0 Å². The standard InChI is InChI=1S/C9H11NO2S/c10-8(11)7-5-3-1-2-4-6(5)13-9(7)12/h12H,1-4H2,(H2,10,11). The fourth-order valence-electron chi connectivity index (χ4n) is 1.81. The molecular weight excluding hydrogens is 186 g/mol. The maximum atomic E-state index is 11.0. The first-order valence-electron chi connectivity index (χ1n) is 4.33. The van der Waals surface area contributed by atoms with Gasteiger partial charge in [-0.25, -0.2) is 0 Å². The van der Waals surface area contributed by atoms with Gasteiger partial charge in [0.2, 0.25) is 0 Å². The molecule has 3 N–H and O–H groups in total. The van der Waals surface area contributed by atoms with Crippen LogP contribution in [0.3, 0.4) is 0 Å². The number of carbonyl (C=O) groups is 1. The second kappa shape index (κ2) is 3.03. The first kappa shape index (κ1) is 8.56. The molecule has 0 radical (unpaired) electrons. The number of rotatable bonds is 1. The van der Waals surface area contributed by atoms with Crippen LogP contribution in [0.5, 0.6) is 5.06 Å². The van der Waals surface area contributed by atoms with Crippen molar-refractivity contribution in [2.24, 2.45) is 5.73 Å². The predicted octanol–water partition coefficient (Wildman–Crippen LogP) is 1.43. The van der Waals surface area contributed by atoms with Crippen molar-refractivity contribution in [3.05, 3.63) is 16.0 Å². The molecule has 70 valence electrons. The van der Waals surface area contributed by atoms with E-state index in [1.54, 1.807) is 0 Å². The highest BCUT2D eigenvalue weighted by Gasteiger charge is 2.23. The van der Waals surface area contributed by atoms with E-state index in [9.17, 15) is 9.90 Å². The molecule has 1 aromatic heterocycles. The molecular formula is C9H11NO2S. The highest BCUT2D eigenvalue weighted by Crippen LogP contribution is 2.38. The fraction of sp³-hybridized carbons (Fsp3) is 0.444. The van der Waals surface area contributed by atoms with Crippen molar-refractivity contribution in [2.75, 3.05) is 0 Å². The number of aromatic hydroxyl groups is 1. The van der Waals surface area contributed by atoms with E-state index >= 15 is 0 Å². The van der Waals surface area contributed by atoms with E-state index in [1.807, 2.05) is 0 Å². The second-order valence-electron chi connectivity index (χ2n) is 3.26. The average Bonchev–Trinajstić information content (AvgIpc) is 2.39. The second-order valence-corrected chi connectivity index (χ2v) is 4.34. The van der Waals surface area contributed by atoms with E-state index in [4.69, 9.17) is 5.73 Å². The minimum Gasteiger partial charge on any atom is -0.499 e. The molecule has 0 saturated heterocycles. The van der Waals surface area contributed by atoms with E-state index in [1.165, 1.54) is 11.3 Å². The molecule has 3 nitrogen and oxygen atoms in total. The summed E-state index contributed by atoms with van der Waals surface area (Å²) < 4.78 is 0. The zero-order valence-electron chi connectivity index (χ0n) is 7.17. The van der Waals surface area contributed by atoms with Gasteiger partial charge in [0.15, 0.2) is 5.06 Å². The molecule has 13 heavy (non-hydrogen) atoms. The molecule has 0 saturated carbocycles. The molecule has 0 fully saturated rings.